The Kier molecular flexibility index (Phi) is 2.40. The zero-order chi connectivity index (χ0) is 9.97. The molecule has 2 rings (SSSR count). The Morgan fingerprint density at radius 2 is 1.71 bits per heavy atom. The molecule has 1 heterocycles. The second-order valence-corrected chi connectivity index (χ2v) is 3.65. The van der Waals surface area contributed by atoms with Crippen LogP contribution in [0, 0.1) is 6.42 Å². The molecule has 0 bridgehead atoms. The molecule has 0 aromatic rings. The van der Waals surface area contributed by atoms with Gasteiger partial charge in [-0.3, -0.25) is 0 Å². The van der Waals surface area contributed by atoms with E-state index in [4.69, 9.17) is 0 Å². The van der Waals surface area contributed by atoms with E-state index in [1.165, 1.54) is 16.7 Å². The number of hydrogen-bond acceptors (Lipinski definition) is 1. The fourth-order valence-electron chi connectivity index (χ4n) is 1.42. The second kappa shape index (κ2) is 3.70. The van der Waals surface area contributed by atoms with E-state index in [0.717, 1.165) is 5.70 Å². The Morgan fingerprint density at radius 3 is 2.29 bits per heavy atom. The predicted molar refractivity (Wildman–Crippen MR) is 60.3 cm³/mol. The molecule has 0 aromatic heterocycles. The van der Waals surface area contributed by atoms with Crippen LogP contribution in [-0.4, -0.2) is 0 Å². The predicted octanol–water partition coefficient (Wildman–Crippen LogP) is 3.02. The lowest BCUT2D eigenvalue weighted by molar-refractivity contribution is 1.05. The van der Waals surface area contributed by atoms with Crippen LogP contribution in [0.3, 0.4) is 0 Å². The molecule has 0 spiro atoms. The Labute approximate surface area is 85.2 Å². The van der Waals surface area contributed by atoms with E-state index in [2.05, 4.69) is 56.0 Å². The average Bonchev–Trinajstić information content (AvgIpc) is 2.21. The number of hydrogen-bond donors (Lipinski definition) is 1. The highest BCUT2D eigenvalue weighted by atomic mass is 14.9. The van der Waals surface area contributed by atoms with Crippen molar-refractivity contribution in [2.45, 2.75) is 13.8 Å². The van der Waals surface area contributed by atoms with Crippen molar-refractivity contribution in [1.82, 2.24) is 5.32 Å². The number of rotatable bonds is 0. The summed E-state index contributed by atoms with van der Waals surface area (Å²) < 4.78 is 0. The van der Waals surface area contributed by atoms with Gasteiger partial charge in [0.2, 0.25) is 0 Å². The minimum absolute atomic E-state index is 1.16. The van der Waals surface area contributed by atoms with Crippen LogP contribution in [0.4, 0.5) is 0 Å². The normalized spacial score (nSPS) is 25.6. The maximum Gasteiger partial charge on any atom is 0.0418 e. The summed E-state index contributed by atoms with van der Waals surface area (Å²) in [5.74, 6) is 0. The summed E-state index contributed by atoms with van der Waals surface area (Å²) in [6.45, 7) is 4.18. The lowest BCUT2D eigenvalue weighted by Gasteiger charge is -2.14. The van der Waals surface area contributed by atoms with Crippen LogP contribution in [0.2, 0.25) is 0 Å². The molecule has 71 valence electrons. The lowest BCUT2D eigenvalue weighted by Crippen LogP contribution is -2.10. The zero-order valence-corrected chi connectivity index (χ0v) is 8.54. The molecular formula is C13H14N. The van der Waals surface area contributed by atoms with Crippen LogP contribution < -0.4 is 5.32 Å². The number of allylic oxidation sites excluding steroid dienone is 8. The maximum absolute atomic E-state index is 3.27. The van der Waals surface area contributed by atoms with Crippen molar-refractivity contribution < 1.29 is 0 Å². The first kappa shape index (κ1) is 9.07. The first-order valence-electron chi connectivity index (χ1n) is 4.81. The summed E-state index contributed by atoms with van der Waals surface area (Å²) in [5, 5.41) is 3.27. The third kappa shape index (κ3) is 1.87. The van der Waals surface area contributed by atoms with E-state index in [9.17, 15) is 0 Å². The van der Waals surface area contributed by atoms with E-state index in [1.807, 2.05) is 6.20 Å². The van der Waals surface area contributed by atoms with Crippen molar-refractivity contribution in [3.8, 4) is 0 Å². The summed E-state index contributed by atoms with van der Waals surface area (Å²) in [4.78, 5) is 0. The zero-order valence-electron chi connectivity index (χ0n) is 8.54. The van der Waals surface area contributed by atoms with Gasteiger partial charge in [-0.05, 0) is 31.1 Å². The molecule has 14 heavy (non-hydrogen) atoms. The molecule has 0 atom stereocenters. The molecule has 0 aromatic carbocycles. The van der Waals surface area contributed by atoms with Crippen LogP contribution in [0.15, 0.2) is 59.0 Å². The van der Waals surface area contributed by atoms with Gasteiger partial charge in [-0.15, -0.1) is 0 Å². The van der Waals surface area contributed by atoms with Crippen molar-refractivity contribution in [2.75, 3.05) is 0 Å². The minimum atomic E-state index is 1.16. The largest absolute Gasteiger partial charge is 0.361 e. The van der Waals surface area contributed by atoms with Gasteiger partial charge in [-0.1, -0.05) is 29.9 Å². The molecule has 1 aliphatic heterocycles. The van der Waals surface area contributed by atoms with Gasteiger partial charge in [-0.25, -0.2) is 0 Å². The average molecular weight is 184 g/mol. The van der Waals surface area contributed by atoms with Crippen molar-refractivity contribution >= 4 is 0 Å². The second-order valence-electron chi connectivity index (χ2n) is 3.65. The van der Waals surface area contributed by atoms with Crippen LogP contribution in [-0.2, 0) is 0 Å². The van der Waals surface area contributed by atoms with E-state index in [-0.39, 0.29) is 0 Å². The van der Waals surface area contributed by atoms with Gasteiger partial charge in [0.05, 0.1) is 0 Å². The fraction of sp³-hybridized carbons (Fsp3) is 0.154. The van der Waals surface area contributed by atoms with Crippen molar-refractivity contribution in [3.63, 3.8) is 0 Å². The van der Waals surface area contributed by atoms with Crippen molar-refractivity contribution in [1.29, 1.82) is 0 Å². The van der Waals surface area contributed by atoms with E-state index < -0.39 is 0 Å². The third-order valence-electron chi connectivity index (χ3n) is 2.33. The van der Waals surface area contributed by atoms with Gasteiger partial charge >= 0.3 is 0 Å². The molecule has 0 unspecified atom stereocenters. The van der Waals surface area contributed by atoms with Crippen molar-refractivity contribution in [2.24, 2.45) is 0 Å². The van der Waals surface area contributed by atoms with Gasteiger partial charge in [0, 0.05) is 18.3 Å². The Bertz CT molecular complexity index is 351. The number of dihydropyridines is 1. The summed E-state index contributed by atoms with van der Waals surface area (Å²) in [7, 11) is 0. The Hall–Kier alpha value is -1.50. The van der Waals surface area contributed by atoms with Crippen molar-refractivity contribution in [3.05, 3.63) is 65.4 Å². The molecule has 2 aliphatic rings. The standard InChI is InChI=1S/C13H14N/c1-10-3-6-12(7-4-10)13-8-5-11(2)9-14-13/h3-9,14H,1-2H3. The molecule has 1 N–H and O–H groups in total. The maximum atomic E-state index is 3.27. The molecule has 0 saturated heterocycles. The molecule has 1 heteroatoms. The van der Waals surface area contributed by atoms with Crippen LogP contribution in [0.5, 0.6) is 0 Å². The molecule has 1 radical (unpaired) electrons. The highest BCUT2D eigenvalue weighted by Gasteiger charge is 2.05. The summed E-state index contributed by atoms with van der Waals surface area (Å²) >= 11 is 0. The van der Waals surface area contributed by atoms with Crippen LogP contribution in [0.1, 0.15) is 13.8 Å². The SMILES string of the molecule is CC1=C[CH]/C(=C2/C=CC(C)=CN2)C=C1. The smallest absolute Gasteiger partial charge is 0.0418 e. The first-order chi connectivity index (χ1) is 6.75. The summed E-state index contributed by atoms with van der Waals surface area (Å²) in [5.41, 5.74) is 4.94. The van der Waals surface area contributed by atoms with Gasteiger partial charge in [0.25, 0.3) is 0 Å². The first-order valence-corrected chi connectivity index (χ1v) is 4.81. The van der Waals surface area contributed by atoms with E-state index >= 15 is 0 Å². The third-order valence-corrected chi connectivity index (χ3v) is 2.33. The minimum Gasteiger partial charge on any atom is -0.361 e. The summed E-state index contributed by atoms with van der Waals surface area (Å²) in [6, 6.07) is 0. The molecule has 0 saturated carbocycles. The lowest BCUT2D eigenvalue weighted by atomic mass is 10.00. The molecular weight excluding hydrogens is 170 g/mol. The Morgan fingerprint density at radius 1 is 0.929 bits per heavy atom. The van der Waals surface area contributed by atoms with Crippen LogP contribution >= 0.6 is 0 Å². The quantitative estimate of drug-likeness (QED) is 0.610. The van der Waals surface area contributed by atoms with Gasteiger partial charge in [-0.2, -0.15) is 0 Å². The molecule has 0 amide bonds. The molecule has 0 fully saturated rings. The monoisotopic (exact) mass is 184 g/mol. The topological polar surface area (TPSA) is 12.0 Å². The van der Waals surface area contributed by atoms with Gasteiger partial charge in [0.15, 0.2) is 0 Å². The molecule has 1 aliphatic carbocycles. The van der Waals surface area contributed by atoms with E-state index in [1.54, 1.807) is 0 Å². The van der Waals surface area contributed by atoms with Gasteiger partial charge < -0.3 is 5.32 Å². The fourth-order valence-corrected chi connectivity index (χ4v) is 1.42. The van der Waals surface area contributed by atoms with E-state index in [0.29, 0.717) is 0 Å². The highest BCUT2D eigenvalue weighted by Crippen LogP contribution is 2.19. The highest BCUT2D eigenvalue weighted by molar-refractivity contribution is 5.49. The van der Waals surface area contributed by atoms with Crippen LogP contribution in [0.25, 0.3) is 0 Å². The van der Waals surface area contributed by atoms with Gasteiger partial charge in [0.1, 0.15) is 0 Å². The summed E-state index contributed by atoms with van der Waals surface area (Å²) in [6.07, 6.45) is 14.8. The molecule has 1 nitrogen and oxygen atoms in total. The Balaban J connectivity index is 2.21. The number of nitrogens with one attached hydrogen (secondary N) is 1.